The molecule has 0 aliphatic heterocycles. The highest BCUT2D eigenvalue weighted by atomic mass is 35.5. The summed E-state index contributed by atoms with van der Waals surface area (Å²) in [6.45, 7) is 0. The fourth-order valence-electron chi connectivity index (χ4n) is 6.64. The number of carbonyl (C=O) groups is 1. The van der Waals surface area contributed by atoms with Gasteiger partial charge in [0.05, 0.1) is 38.3 Å². The molecule has 4 atom stereocenters. The van der Waals surface area contributed by atoms with Crippen molar-refractivity contribution in [1.29, 1.82) is 0 Å². The molecule has 45 heavy (non-hydrogen) atoms. The second-order valence-electron chi connectivity index (χ2n) is 11.5. The van der Waals surface area contributed by atoms with Crippen LogP contribution in [0.3, 0.4) is 0 Å². The maximum atomic E-state index is 13.9. The SMILES string of the molecule is O=C(Nc1ccc(F)c(F)c1)c1ccc(Cl)c(S(=O)(=O)C2CC3CCC(C2)C3(O)C(O)C(O)c2ccc(-n3cccn3)cn2)c1. The van der Waals surface area contributed by atoms with Crippen LogP contribution in [0.1, 0.15) is 47.8 Å². The molecule has 0 spiro atoms. The van der Waals surface area contributed by atoms with Gasteiger partial charge in [0.15, 0.2) is 21.5 Å². The number of hydrogen-bond acceptors (Lipinski definition) is 8. The lowest BCUT2D eigenvalue weighted by atomic mass is 9.69. The minimum Gasteiger partial charge on any atom is -0.387 e. The Morgan fingerprint density at radius 2 is 1.78 bits per heavy atom. The quantitative estimate of drug-likeness (QED) is 0.219. The number of hydrogen-bond donors (Lipinski definition) is 4. The average molecular weight is 659 g/mol. The Morgan fingerprint density at radius 1 is 1.04 bits per heavy atom. The van der Waals surface area contributed by atoms with E-state index in [0.29, 0.717) is 18.5 Å². The third-order valence-corrected chi connectivity index (χ3v) is 11.7. The zero-order chi connectivity index (χ0) is 32.1. The lowest BCUT2D eigenvalue weighted by molar-refractivity contribution is -0.178. The first-order chi connectivity index (χ1) is 21.4. The lowest BCUT2D eigenvalue weighted by Gasteiger charge is -2.46. The Morgan fingerprint density at radius 3 is 2.40 bits per heavy atom. The average Bonchev–Trinajstić information content (AvgIpc) is 3.60. The highest BCUT2D eigenvalue weighted by Gasteiger charge is 2.60. The van der Waals surface area contributed by atoms with E-state index in [2.05, 4.69) is 15.4 Å². The van der Waals surface area contributed by atoms with Crippen LogP contribution in [-0.4, -0.2) is 61.4 Å². The Kier molecular flexibility index (Phi) is 8.25. The maximum absolute atomic E-state index is 13.9. The van der Waals surface area contributed by atoms with Crippen LogP contribution in [0.2, 0.25) is 5.02 Å². The van der Waals surface area contributed by atoms with E-state index in [9.17, 15) is 37.3 Å². The molecule has 2 aromatic carbocycles. The molecule has 1 amide bonds. The van der Waals surface area contributed by atoms with Crippen molar-refractivity contribution in [3.63, 3.8) is 0 Å². The second kappa shape index (κ2) is 11.9. The van der Waals surface area contributed by atoms with Gasteiger partial charge in [-0.1, -0.05) is 11.6 Å². The lowest BCUT2D eigenvalue weighted by Crippen LogP contribution is -2.57. The highest BCUT2D eigenvalue weighted by Crippen LogP contribution is 2.55. The summed E-state index contributed by atoms with van der Waals surface area (Å²) in [4.78, 5) is 16.8. The van der Waals surface area contributed by atoms with Gasteiger partial charge >= 0.3 is 0 Å². The predicted octanol–water partition coefficient (Wildman–Crippen LogP) is 4.24. The van der Waals surface area contributed by atoms with E-state index in [1.54, 1.807) is 29.2 Å². The molecule has 0 radical (unpaired) electrons. The number of pyridine rings is 1. The van der Waals surface area contributed by atoms with Crippen LogP contribution >= 0.6 is 11.6 Å². The zero-order valence-corrected chi connectivity index (χ0v) is 25.2. The Hall–Kier alpha value is -3.75. The van der Waals surface area contributed by atoms with E-state index in [-0.39, 0.29) is 39.7 Å². The van der Waals surface area contributed by atoms with Crippen molar-refractivity contribution in [2.75, 3.05) is 5.32 Å². The number of fused-ring (bicyclic) bond motifs is 2. The summed E-state index contributed by atoms with van der Waals surface area (Å²) >= 11 is 6.31. The number of nitrogens with zero attached hydrogens (tertiary/aromatic N) is 3. The molecule has 2 fully saturated rings. The van der Waals surface area contributed by atoms with Crippen molar-refractivity contribution < 1.29 is 37.3 Å². The summed E-state index contributed by atoms with van der Waals surface area (Å²) in [5.74, 6) is -4.29. The summed E-state index contributed by atoms with van der Waals surface area (Å²) in [5.41, 5.74) is -1.07. The molecule has 236 valence electrons. The molecule has 0 saturated heterocycles. The van der Waals surface area contributed by atoms with Crippen LogP contribution in [0.15, 0.2) is 78.1 Å². The minimum absolute atomic E-state index is 0.00755. The van der Waals surface area contributed by atoms with Gasteiger partial charge in [-0.15, -0.1) is 0 Å². The van der Waals surface area contributed by atoms with Crippen LogP contribution in [0.5, 0.6) is 0 Å². The topological polar surface area (TPSA) is 155 Å². The number of anilines is 1. The number of amides is 1. The summed E-state index contributed by atoms with van der Waals surface area (Å²) in [7, 11) is -4.13. The van der Waals surface area contributed by atoms with Gasteiger partial charge in [0.2, 0.25) is 0 Å². The van der Waals surface area contributed by atoms with Gasteiger partial charge in [-0.05, 0) is 86.1 Å². The molecule has 2 heterocycles. The monoisotopic (exact) mass is 658 g/mol. The van der Waals surface area contributed by atoms with Gasteiger partial charge in [0, 0.05) is 29.7 Å². The van der Waals surface area contributed by atoms with Gasteiger partial charge in [0.1, 0.15) is 12.2 Å². The summed E-state index contributed by atoms with van der Waals surface area (Å²) in [6.07, 6.45) is 2.51. The molecule has 2 aliphatic rings. The van der Waals surface area contributed by atoms with Crippen LogP contribution in [0, 0.1) is 23.5 Å². The molecule has 2 aromatic heterocycles. The number of aliphatic hydroxyl groups is 3. The van der Waals surface area contributed by atoms with Crippen LogP contribution in [0.25, 0.3) is 5.69 Å². The molecule has 2 saturated carbocycles. The summed E-state index contributed by atoms with van der Waals surface area (Å²) in [5, 5.41) is 39.6. The molecular weight excluding hydrogens is 630 g/mol. The van der Waals surface area contributed by atoms with Crippen molar-refractivity contribution >= 4 is 33.0 Å². The summed E-state index contributed by atoms with van der Waals surface area (Å²) < 4.78 is 56.2. The standard InChI is InChI=1S/C31H29ClF2N4O6S/c32-23-7-2-17(30(41)37-20-5-8-24(33)25(34)15-20)12-27(23)45(43,44)22-13-18-3-4-19(14-22)31(18,42)29(40)28(39)26-9-6-21(16-35-26)38-11-1-10-36-38/h1-2,5-12,15-16,18-19,22,28-29,39-40,42H,3-4,13-14H2,(H,37,41). The van der Waals surface area contributed by atoms with Crippen molar-refractivity contribution in [1.82, 2.24) is 14.8 Å². The third-order valence-electron chi connectivity index (χ3n) is 9.00. The van der Waals surface area contributed by atoms with Crippen LogP contribution in [-0.2, 0) is 9.84 Å². The van der Waals surface area contributed by atoms with Crippen LogP contribution in [0.4, 0.5) is 14.5 Å². The molecule has 6 rings (SSSR count). The van der Waals surface area contributed by atoms with E-state index in [4.69, 9.17) is 11.6 Å². The fraction of sp³-hybridized carbons (Fsp3) is 0.323. The molecular formula is C31H29ClF2N4O6S. The number of carbonyl (C=O) groups excluding carboxylic acids is 1. The van der Waals surface area contributed by atoms with Gasteiger partial charge in [-0.2, -0.15) is 5.10 Å². The predicted molar refractivity (Wildman–Crippen MR) is 159 cm³/mol. The van der Waals surface area contributed by atoms with E-state index < -0.39 is 62.3 Å². The van der Waals surface area contributed by atoms with Crippen molar-refractivity contribution in [2.45, 2.75) is 53.6 Å². The summed E-state index contributed by atoms with van der Waals surface area (Å²) in [6, 6.07) is 11.5. The first kappa shape index (κ1) is 31.2. The number of aromatic nitrogens is 3. The molecule has 4 N–H and O–H groups in total. The van der Waals surface area contributed by atoms with Gasteiger partial charge in [-0.25, -0.2) is 21.9 Å². The molecule has 10 nitrogen and oxygen atoms in total. The number of sulfone groups is 1. The molecule has 4 unspecified atom stereocenters. The van der Waals surface area contributed by atoms with Crippen molar-refractivity contribution in [3.8, 4) is 5.69 Å². The fourth-order valence-corrected chi connectivity index (χ4v) is 9.04. The zero-order valence-electron chi connectivity index (χ0n) is 23.6. The Labute approximate surface area is 262 Å². The van der Waals surface area contributed by atoms with E-state index in [1.807, 2.05) is 0 Å². The van der Waals surface area contributed by atoms with Crippen molar-refractivity contribution in [2.24, 2.45) is 11.8 Å². The first-order valence-electron chi connectivity index (χ1n) is 14.2. The maximum Gasteiger partial charge on any atom is 0.255 e. The van der Waals surface area contributed by atoms with Gasteiger partial charge in [0.25, 0.3) is 5.91 Å². The van der Waals surface area contributed by atoms with Gasteiger partial charge in [-0.3, -0.25) is 9.78 Å². The van der Waals surface area contributed by atoms with E-state index >= 15 is 0 Å². The second-order valence-corrected chi connectivity index (χ2v) is 14.1. The minimum atomic E-state index is -4.13. The van der Waals surface area contributed by atoms with Crippen LogP contribution < -0.4 is 5.32 Å². The Balaban J connectivity index is 1.19. The smallest absolute Gasteiger partial charge is 0.255 e. The highest BCUT2D eigenvalue weighted by molar-refractivity contribution is 7.92. The van der Waals surface area contributed by atoms with E-state index in [1.165, 1.54) is 30.5 Å². The largest absolute Gasteiger partial charge is 0.387 e. The number of nitrogens with one attached hydrogen (secondary N) is 1. The number of rotatable bonds is 8. The normalized spacial score (nSPS) is 24.3. The van der Waals surface area contributed by atoms with E-state index in [0.717, 1.165) is 18.2 Å². The van der Waals surface area contributed by atoms with Crippen molar-refractivity contribution in [3.05, 3.63) is 101 Å². The third kappa shape index (κ3) is 5.63. The molecule has 14 heteroatoms. The molecule has 2 bridgehead atoms. The Bertz CT molecular complexity index is 1830. The number of benzene rings is 2. The number of aliphatic hydroxyl groups excluding tert-OH is 2. The van der Waals surface area contributed by atoms with Gasteiger partial charge < -0.3 is 20.6 Å². The first-order valence-corrected chi connectivity index (χ1v) is 16.2. The molecule has 4 aromatic rings. The molecule has 2 aliphatic carbocycles. The number of halogens is 3.